The molecule has 0 aromatic heterocycles. The molecule has 1 saturated carbocycles. The third-order valence-electron chi connectivity index (χ3n) is 3.98. The maximum absolute atomic E-state index is 11.7. The zero-order valence-electron chi connectivity index (χ0n) is 10.4. The molecule has 2 rings (SSSR count). The van der Waals surface area contributed by atoms with E-state index in [2.05, 4.69) is 13.8 Å². The largest absolute Gasteiger partial charge is 0.391 e. The monoisotopic (exact) mass is 225 g/mol. The lowest BCUT2D eigenvalue weighted by Crippen LogP contribution is -2.44. The molecule has 2 aliphatic rings. The van der Waals surface area contributed by atoms with E-state index >= 15 is 0 Å². The Bertz CT molecular complexity index is 271. The molecule has 1 saturated heterocycles. The smallest absolute Gasteiger partial charge is 0.225 e. The minimum Gasteiger partial charge on any atom is -0.391 e. The van der Waals surface area contributed by atoms with Gasteiger partial charge in [-0.25, -0.2) is 0 Å². The molecule has 2 fully saturated rings. The maximum Gasteiger partial charge on any atom is 0.225 e. The van der Waals surface area contributed by atoms with Gasteiger partial charge in [-0.05, 0) is 30.6 Å². The van der Waals surface area contributed by atoms with Gasteiger partial charge in [0.25, 0.3) is 0 Å². The summed E-state index contributed by atoms with van der Waals surface area (Å²) in [5.74, 6) is 0.838. The molecule has 1 atom stereocenters. The molecule has 0 bridgehead atoms. The van der Waals surface area contributed by atoms with Crippen LogP contribution in [0.15, 0.2) is 0 Å². The van der Waals surface area contributed by atoms with E-state index in [1.165, 1.54) is 25.7 Å². The molecule has 1 N–H and O–H groups in total. The van der Waals surface area contributed by atoms with Crippen LogP contribution in [0.5, 0.6) is 0 Å². The van der Waals surface area contributed by atoms with Gasteiger partial charge in [0.05, 0.1) is 12.5 Å². The van der Waals surface area contributed by atoms with Gasteiger partial charge in [0.1, 0.15) is 0 Å². The minimum atomic E-state index is -0.427. The van der Waals surface area contributed by atoms with E-state index in [1.54, 1.807) is 0 Å². The van der Waals surface area contributed by atoms with Crippen LogP contribution in [0.4, 0.5) is 0 Å². The van der Waals surface area contributed by atoms with Crippen molar-refractivity contribution in [1.29, 1.82) is 0 Å². The summed E-state index contributed by atoms with van der Waals surface area (Å²) in [7, 11) is 0. The predicted molar refractivity (Wildman–Crippen MR) is 62.9 cm³/mol. The van der Waals surface area contributed by atoms with Gasteiger partial charge in [-0.2, -0.15) is 0 Å². The average Bonchev–Trinajstić information content (AvgIpc) is 2.40. The Morgan fingerprint density at radius 1 is 1.50 bits per heavy atom. The molecule has 0 aromatic rings. The van der Waals surface area contributed by atoms with Crippen molar-refractivity contribution in [2.75, 3.05) is 13.1 Å². The maximum atomic E-state index is 11.7. The lowest BCUT2D eigenvalue weighted by Gasteiger charge is -2.45. The Morgan fingerprint density at radius 3 is 2.56 bits per heavy atom. The number of β-amino-alcohol motifs (C(OH)–C–C–N with tert-alkyl or cyclic N) is 1. The average molecular weight is 225 g/mol. The van der Waals surface area contributed by atoms with Gasteiger partial charge < -0.3 is 10.0 Å². The quantitative estimate of drug-likeness (QED) is 0.792. The van der Waals surface area contributed by atoms with E-state index in [4.69, 9.17) is 0 Å². The molecule has 1 aliphatic carbocycles. The lowest BCUT2D eigenvalue weighted by molar-refractivity contribution is -0.130. The van der Waals surface area contributed by atoms with Crippen molar-refractivity contribution in [1.82, 2.24) is 4.90 Å². The highest BCUT2D eigenvalue weighted by Crippen LogP contribution is 2.46. The molecule has 3 nitrogen and oxygen atoms in total. The number of hydrogen-bond donors (Lipinski definition) is 1. The van der Waals surface area contributed by atoms with Crippen molar-refractivity contribution >= 4 is 5.91 Å². The second-order valence-corrected chi connectivity index (χ2v) is 6.08. The Hall–Kier alpha value is -0.570. The van der Waals surface area contributed by atoms with E-state index in [0.717, 1.165) is 6.54 Å². The first-order chi connectivity index (χ1) is 7.51. The Morgan fingerprint density at radius 2 is 2.19 bits per heavy atom. The Labute approximate surface area is 97.8 Å². The molecular weight excluding hydrogens is 202 g/mol. The SMILES string of the molecule is CC(C)CC1(CN2CC(O)CC2=O)CCC1. The van der Waals surface area contributed by atoms with E-state index < -0.39 is 6.10 Å². The molecule has 1 amide bonds. The normalized spacial score (nSPS) is 28.6. The van der Waals surface area contributed by atoms with Crippen molar-refractivity contribution < 1.29 is 9.90 Å². The first-order valence-corrected chi connectivity index (χ1v) is 6.47. The summed E-state index contributed by atoms with van der Waals surface area (Å²) in [5.41, 5.74) is 0.369. The van der Waals surface area contributed by atoms with Gasteiger partial charge in [-0.3, -0.25) is 4.79 Å². The van der Waals surface area contributed by atoms with Crippen LogP contribution < -0.4 is 0 Å². The van der Waals surface area contributed by atoms with Crippen molar-refractivity contribution in [2.24, 2.45) is 11.3 Å². The number of aliphatic hydroxyl groups is 1. The second-order valence-electron chi connectivity index (χ2n) is 6.08. The lowest BCUT2D eigenvalue weighted by atomic mass is 9.64. The van der Waals surface area contributed by atoms with Gasteiger partial charge in [0, 0.05) is 13.1 Å². The van der Waals surface area contributed by atoms with E-state index in [9.17, 15) is 9.90 Å². The summed E-state index contributed by atoms with van der Waals surface area (Å²) in [6.45, 7) is 5.93. The highest BCUT2D eigenvalue weighted by Gasteiger charge is 2.41. The third kappa shape index (κ3) is 2.40. The van der Waals surface area contributed by atoms with Crippen LogP contribution in [0.25, 0.3) is 0 Å². The predicted octanol–water partition coefficient (Wildman–Crippen LogP) is 1.80. The molecule has 92 valence electrons. The first-order valence-electron chi connectivity index (χ1n) is 6.47. The van der Waals surface area contributed by atoms with Gasteiger partial charge >= 0.3 is 0 Å². The number of aliphatic hydroxyl groups excluding tert-OH is 1. The molecule has 3 heteroatoms. The van der Waals surface area contributed by atoms with E-state index in [-0.39, 0.29) is 5.91 Å². The Kier molecular flexibility index (Phi) is 3.24. The van der Waals surface area contributed by atoms with Crippen LogP contribution in [0.2, 0.25) is 0 Å². The summed E-state index contributed by atoms with van der Waals surface area (Å²) >= 11 is 0. The fourth-order valence-corrected chi connectivity index (χ4v) is 3.28. The fourth-order valence-electron chi connectivity index (χ4n) is 3.28. The summed E-state index contributed by atoms with van der Waals surface area (Å²) in [4.78, 5) is 13.5. The van der Waals surface area contributed by atoms with Gasteiger partial charge in [-0.1, -0.05) is 20.3 Å². The van der Waals surface area contributed by atoms with Crippen LogP contribution in [-0.2, 0) is 4.79 Å². The first kappa shape index (κ1) is 11.9. The number of hydrogen-bond acceptors (Lipinski definition) is 2. The second kappa shape index (κ2) is 4.36. The number of rotatable bonds is 4. The highest BCUT2D eigenvalue weighted by molar-refractivity contribution is 5.79. The van der Waals surface area contributed by atoms with Crippen molar-refractivity contribution in [3.05, 3.63) is 0 Å². The molecule has 1 unspecified atom stereocenters. The van der Waals surface area contributed by atoms with Crippen LogP contribution in [0.3, 0.4) is 0 Å². The molecule has 1 aliphatic heterocycles. The Balaban J connectivity index is 1.94. The number of nitrogens with zero attached hydrogens (tertiary/aromatic N) is 1. The summed E-state index contributed by atoms with van der Waals surface area (Å²) < 4.78 is 0. The minimum absolute atomic E-state index is 0.141. The van der Waals surface area contributed by atoms with E-state index in [0.29, 0.717) is 24.3 Å². The van der Waals surface area contributed by atoms with Crippen molar-refractivity contribution in [2.45, 2.75) is 52.1 Å². The highest BCUT2D eigenvalue weighted by atomic mass is 16.3. The summed E-state index contributed by atoms with van der Waals surface area (Å²) in [6.07, 6.45) is 4.93. The van der Waals surface area contributed by atoms with E-state index in [1.807, 2.05) is 4.90 Å². The number of likely N-dealkylation sites (tertiary alicyclic amines) is 1. The summed E-state index contributed by atoms with van der Waals surface area (Å²) in [5, 5.41) is 9.48. The molecule has 0 aromatic carbocycles. The van der Waals surface area contributed by atoms with Crippen LogP contribution >= 0.6 is 0 Å². The van der Waals surface area contributed by atoms with Crippen LogP contribution in [0, 0.1) is 11.3 Å². The zero-order chi connectivity index (χ0) is 11.8. The summed E-state index contributed by atoms with van der Waals surface area (Å²) in [6, 6.07) is 0. The zero-order valence-corrected chi connectivity index (χ0v) is 10.4. The third-order valence-corrected chi connectivity index (χ3v) is 3.98. The van der Waals surface area contributed by atoms with Crippen molar-refractivity contribution in [3.8, 4) is 0 Å². The van der Waals surface area contributed by atoms with Gasteiger partial charge in [-0.15, -0.1) is 0 Å². The molecule has 16 heavy (non-hydrogen) atoms. The van der Waals surface area contributed by atoms with Gasteiger partial charge in [0.2, 0.25) is 5.91 Å². The van der Waals surface area contributed by atoms with Crippen molar-refractivity contribution in [3.63, 3.8) is 0 Å². The fraction of sp³-hybridized carbons (Fsp3) is 0.923. The number of amides is 1. The molecule has 1 heterocycles. The number of carbonyl (C=O) groups excluding carboxylic acids is 1. The van der Waals surface area contributed by atoms with Gasteiger partial charge in [0.15, 0.2) is 0 Å². The topological polar surface area (TPSA) is 40.5 Å². The van der Waals surface area contributed by atoms with Crippen LogP contribution in [0.1, 0.15) is 46.0 Å². The molecular formula is C13H23NO2. The number of carbonyl (C=O) groups is 1. The molecule has 0 spiro atoms. The standard InChI is InChI=1S/C13H23NO2/c1-10(2)7-13(4-3-5-13)9-14-8-11(15)6-12(14)16/h10-11,15H,3-9H2,1-2H3. The van der Waals surface area contributed by atoms with Crippen LogP contribution in [-0.4, -0.2) is 35.1 Å². The molecule has 0 radical (unpaired) electrons.